The van der Waals surface area contributed by atoms with Crippen molar-refractivity contribution in [2.45, 2.75) is 74.3 Å². The summed E-state index contributed by atoms with van der Waals surface area (Å²) < 4.78 is 67.8. The average Bonchev–Trinajstić information content (AvgIpc) is 2.83. The van der Waals surface area contributed by atoms with Gasteiger partial charge in [-0.1, -0.05) is 0 Å². The zero-order valence-electron chi connectivity index (χ0n) is 21.6. The molecule has 3 N–H and O–H groups in total. The lowest BCUT2D eigenvalue weighted by molar-refractivity contribution is -0.137. The molecule has 0 unspecified atom stereocenters. The molecule has 1 saturated carbocycles. The minimum atomic E-state index is -4.66. The molecule has 2 saturated heterocycles. The number of aromatic nitrogens is 2. The van der Waals surface area contributed by atoms with Crippen LogP contribution in [0.5, 0.6) is 0 Å². The first kappa shape index (κ1) is 27.1. The summed E-state index contributed by atoms with van der Waals surface area (Å²) >= 11 is 0. The van der Waals surface area contributed by atoms with Crippen molar-refractivity contribution < 1.29 is 26.7 Å². The fraction of sp³-hybridized carbons (Fsp3) is 0.615. The van der Waals surface area contributed by atoms with E-state index in [-0.39, 0.29) is 33.9 Å². The Morgan fingerprint density at radius 2 is 1.89 bits per heavy atom. The molecule has 1 atom stereocenters. The predicted octanol–water partition coefficient (Wildman–Crippen LogP) is 4.20. The van der Waals surface area contributed by atoms with Crippen molar-refractivity contribution in [1.29, 1.82) is 0 Å². The maximum absolute atomic E-state index is 13.7. The average molecular weight is 554 g/mol. The van der Waals surface area contributed by atoms with Gasteiger partial charge in [0.2, 0.25) is 5.95 Å². The fourth-order valence-electron chi connectivity index (χ4n) is 6.03. The van der Waals surface area contributed by atoms with Crippen LogP contribution in [0.1, 0.15) is 56.6 Å². The van der Waals surface area contributed by atoms with Gasteiger partial charge >= 0.3 is 6.18 Å². The van der Waals surface area contributed by atoms with Crippen LogP contribution < -0.4 is 15.5 Å². The molecule has 1 aromatic heterocycles. The molecule has 12 heteroatoms. The molecule has 3 aliphatic rings. The van der Waals surface area contributed by atoms with Crippen LogP contribution in [0, 0.1) is 12.3 Å². The summed E-state index contributed by atoms with van der Waals surface area (Å²) in [6.07, 6.45) is 0.492. The first-order valence-corrected chi connectivity index (χ1v) is 14.6. The van der Waals surface area contributed by atoms with E-state index in [2.05, 4.69) is 20.6 Å². The minimum absolute atomic E-state index is 0.0249. The highest BCUT2D eigenvalue weighted by Gasteiger charge is 2.50. The van der Waals surface area contributed by atoms with Crippen molar-refractivity contribution in [3.05, 3.63) is 35.5 Å². The SMILES string of the molecule is Cc1cc(S(=O)(=O)C2CC3(CCNCC3)C2)ccc1Nc1ncc(C(F)(F)F)c(N2CCC[C@@](C)(O)C2)n1. The van der Waals surface area contributed by atoms with E-state index in [9.17, 15) is 26.7 Å². The molecule has 0 bridgehead atoms. The normalized spacial score (nSPS) is 24.3. The van der Waals surface area contributed by atoms with E-state index >= 15 is 0 Å². The second-order valence-corrected chi connectivity index (χ2v) is 13.6. The summed E-state index contributed by atoms with van der Waals surface area (Å²) in [5.41, 5.74) is -0.826. The van der Waals surface area contributed by atoms with Gasteiger partial charge < -0.3 is 20.6 Å². The number of sulfone groups is 1. The lowest BCUT2D eigenvalue weighted by Gasteiger charge is -2.49. The highest BCUT2D eigenvalue weighted by molar-refractivity contribution is 7.92. The standard InChI is InChI=1S/C26H34F3N5O3S/c1-17-12-18(38(36,37)19-13-25(14-19)7-9-30-10-8-25)4-5-21(17)32-23-31-15-20(26(27,28)29)22(33-23)34-11-3-6-24(2,35)16-34/h4-5,12,15,19,30,35H,3,6-11,13-14,16H2,1-2H3,(H,31,32,33)/t24-/m1/s1. The number of hydrogen-bond acceptors (Lipinski definition) is 8. The first-order chi connectivity index (χ1) is 17.8. The summed E-state index contributed by atoms with van der Waals surface area (Å²) in [4.78, 5) is 9.76. The Balaban J connectivity index is 1.36. The molecule has 0 amide bonds. The maximum atomic E-state index is 13.7. The van der Waals surface area contributed by atoms with Crippen LogP contribution in [0.4, 0.5) is 30.6 Å². The number of piperidine rings is 2. The molecule has 2 aromatic rings. The second kappa shape index (κ2) is 9.63. The van der Waals surface area contributed by atoms with Gasteiger partial charge in [-0.15, -0.1) is 0 Å². The van der Waals surface area contributed by atoms with Crippen molar-refractivity contribution in [3.8, 4) is 0 Å². The van der Waals surface area contributed by atoms with Crippen LogP contribution in [-0.4, -0.2) is 60.5 Å². The smallest absolute Gasteiger partial charge is 0.388 e. The molecule has 38 heavy (non-hydrogen) atoms. The van der Waals surface area contributed by atoms with Crippen molar-refractivity contribution in [3.63, 3.8) is 0 Å². The van der Waals surface area contributed by atoms with E-state index in [4.69, 9.17) is 0 Å². The number of aliphatic hydroxyl groups is 1. The van der Waals surface area contributed by atoms with Gasteiger partial charge in [-0.2, -0.15) is 18.2 Å². The van der Waals surface area contributed by atoms with Crippen LogP contribution in [0.15, 0.2) is 29.3 Å². The summed E-state index contributed by atoms with van der Waals surface area (Å²) in [7, 11) is -3.48. The third-order valence-electron chi connectivity index (χ3n) is 8.25. The molecule has 1 aromatic carbocycles. The molecule has 208 valence electrons. The molecule has 8 nitrogen and oxygen atoms in total. The number of benzene rings is 1. The topological polar surface area (TPSA) is 107 Å². The van der Waals surface area contributed by atoms with E-state index in [1.54, 1.807) is 26.0 Å². The van der Waals surface area contributed by atoms with E-state index in [1.807, 2.05) is 0 Å². The Morgan fingerprint density at radius 3 is 2.53 bits per heavy atom. The van der Waals surface area contributed by atoms with E-state index in [0.717, 1.165) is 32.1 Å². The van der Waals surface area contributed by atoms with E-state index in [1.165, 1.54) is 11.0 Å². The minimum Gasteiger partial charge on any atom is -0.388 e. The summed E-state index contributed by atoms with van der Waals surface area (Å²) in [6.45, 7) is 5.55. The lowest BCUT2D eigenvalue weighted by Crippen LogP contribution is -2.50. The number of β-amino-alcohol motifs (C(OH)–C–C–N with tert-alkyl or cyclic N) is 1. The van der Waals surface area contributed by atoms with Gasteiger partial charge in [-0.25, -0.2) is 13.4 Å². The third-order valence-corrected chi connectivity index (χ3v) is 10.4. The summed E-state index contributed by atoms with van der Waals surface area (Å²) in [6, 6.07) is 4.73. The monoisotopic (exact) mass is 553 g/mol. The highest BCUT2D eigenvalue weighted by Crippen LogP contribution is 2.51. The fourth-order valence-corrected chi connectivity index (χ4v) is 8.16. The van der Waals surface area contributed by atoms with Crippen molar-refractivity contribution in [2.24, 2.45) is 5.41 Å². The Hall–Kier alpha value is -2.44. The van der Waals surface area contributed by atoms with Crippen LogP contribution in [0.2, 0.25) is 0 Å². The molecule has 3 heterocycles. The van der Waals surface area contributed by atoms with Crippen molar-refractivity contribution in [2.75, 3.05) is 36.4 Å². The largest absolute Gasteiger partial charge is 0.421 e. The zero-order chi connectivity index (χ0) is 27.3. The number of rotatable bonds is 5. The second-order valence-electron chi connectivity index (χ2n) is 11.4. The Kier molecular flexibility index (Phi) is 6.88. The summed E-state index contributed by atoms with van der Waals surface area (Å²) in [5, 5.41) is 16.3. The lowest BCUT2D eigenvalue weighted by atomic mass is 9.63. The van der Waals surface area contributed by atoms with Gasteiger partial charge in [-0.05, 0) is 94.6 Å². The van der Waals surface area contributed by atoms with Gasteiger partial charge in [0, 0.05) is 25.0 Å². The molecule has 1 spiro atoms. The van der Waals surface area contributed by atoms with Gasteiger partial charge in [0.1, 0.15) is 11.4 Å². The highest BCUT2D eigenvalue weighted by atomic mass is 32.2. The number of nitrogens with one attached hydrogen (secondary N) is 2. The molecule has 0 radical (unpaired) electrons. The molecule has 2 aliphatic heterocycles. The molecule has 3 fully saturated rings. The number of aryl methyl sites for hydroxylation is 1. The van der Waals surface area contributed by atoms with Gasteiger partial charge in [-0.3, -0.25) is 0 Å². The van der Waals surface area contributed by atoms with Crippen LogP contribution in [0.3, 0.4) is 0 Å². The molecule has 1 aliphatic carbocycles. The Bertz CT molecular complexity index is 1300. The van der Waals surface area contributed by atoms with E-state index < -0.39 is 27.2 Å². The first-order valence-electron chi connectivity index (χ1n) is 13.0. The quantitative estimate of drug-likeness (QED) is 0.506. The van der Waals surface area contributed by atoms with Crippen LogP contribution in [-0.2, 0) is 16.0 Å². The third kappa shape index (κ3) is 5.35. The van der Waals surface area contributed by atoms with Gasteiger partial charge in [0.25, 0.3) is 0 Å². The molecule has 5 rings (SSSR count). The summed E-state index contributed by atoms with van der Waals surface area (Å²) in [5.74, 6) is -0.326. The van der Waals surface area contributed by atoms with Gasteiger partial charge in [0.05, 0.1) is 15.7 Å². The molecular weight excluding hydrogens is 519 g/mol. The number of hydrogen-bond donors (Lipinski definition) is 3. The maximum Gasteiger partial charge on any atom is 0.421 e. The van der Waals surface area contributed by atoms with Crippen molar-refractivity contribution in [1.82, 2.24) is 15.3 Å². The number of alkyl halides is 3. The van der Waals surface area contributed by atoms with Crippen LogP contribution in [0.25, 0.3) is 0 Å². The Labute approximate surface area is 221 Å². The van der Waals surface area contributed by atoms with Crippen molar-refractivity contribution >= 4 is 27.3 Å². The Morgan fingerprint density at radius 1 is 1.18 bits per heavy atom. The number of nitrogens with zero attached hydrogens (tertiary/aromatic N) is 3. The predicted molar refractivity (Wildman–Crippen MR) is 138 cm³/mol. The zero-order valence-corrected chi connectivity index (χ0v) is 22.4. The number of anilines is 3. The van der Waals surface area contributed by atoms with Crippen LogP contribution >= 0.6 is 0 Å². The van der Waals surface area contributed by atoms with Gasteiger partial charge in [0.15, 0.2) is 9.84 Å². The number of halogens is 3. The van der Waals surface area contributed by atoms with E-state index in [0.29, 0.717) is 43.5 Å². The molecular formula is C26H34F3N5O3S.